The van der Waals surface area contributed by atoms with Gasteiger partial charge in [0.15, 0.2) is 0 Å². The zero-order valence-corrected chi connectivity index (χ0v) is 8.03. The summed E-state index contributed by atoms with van der Waals surface area (Å²) in [6.07, 6.45) is 1.87. The third kappa shape index (κ3) is 4.98. The highest BCUT2D eigenvalue weighted by Gasteiger charge is 2.19. The number of rotatable bonds is 5. The van der Waals surface area contributed by atoms with E-state index in [0.717, 1.165) is 0 Å². The molecule has 5 nitrogen and oxygen atoms in total. The van der Waals surface area contributed by atoms with E-state index in [-0.39, 0.29) is 0 Å². The minimum absolute atomic E-state index is 0.318. The van der Waals surface area contributed by atoms with E-state index in [4.69, 9.17) is 0 Å². The van der Waals surface area contributed by atoms with E-state index in [1.165, 1.54) is 13.2 Å². The van der Waals surface area contributed by atoms with Gasteiger partial charge in [0.25, 0.3) is 6.08 Å². The lowest BCUT2D eigenvalue weighted by Gasteiger charge is -2.14. The van der Waals surface area contributed by atoms with Crippen molar-refractivity contribution in [2.75, 3.05) is 7.11 Å². The number of hydrazone groups is 1. The Bertz CT molecular complexity index is 209. The third-order valence-corrected chi connectivity index (χ3v) is 1.46. The highest BCUT2D eigenvalue weighted by atomic mass is 16.5. The second-order valence-corrected chi connectivity index (χ2v) is 3.04. The van der Waals surface area contributed by atoms with E-state index in [0.29, 0.717) is 12.3 Å². The van der Waals surface area contributed by atoms with Crippen LogP contribution in [0.4, 0.5) is 0 Å². The van der Waals surface area contributed by atoms with Crippen LogP contribution in [0.25, 0.3) is 0 Å². The van der Waals surface area contributed by atoms with Crippen LogP contribution >= 0.6 is 0 Å². The Balaban J connectivity index is 4.17. The van der Waals surface area contributed by atoms with Crippen molar-refractivity contribution in [2.24, 2.45) is 11.0 Å². The van der Waals surface area contributed by atoms with Gasteiger partial charge in [0.2, 0.25) is 0 Å². The lowest BCUT2D eigenvalue weighted by atomic mass is 10.0. The summed E-state index contributed by atoms with van der Waals surface area (Å²) in [6.45, 7) is 3.92. The van der Waals surface area contributed by atoms with Crippen LogP contribution < -0.4 is 5.43 Å². The normalized spacial score (nSPS) is 11.7. The number of hydrogen-bond acceptors (Lipinski definition) is 5. The highest BCUT2D eigenvalue weighted by molar-refractivity contribution is 5.75. The number of ether oxygens (including phenoxy) is 1. The van der Waals surface area contributed by atoms with Crippen LogP contribution in [0.2, 0.25) is 0 Å². The number of hydrogen-bond donors (Lipinski definition) is 1. The van der Waals surface area contributed by atoms with Crippen molar-refractivity contribution in [1.29, 1.82) is 0 Å². The lowest BCUT2D eigenvalue weighted by Crippen LogP contribution is -2.35. The van der Waals surface area contributed by atoms with Crippen LogP contribution in [0.3, 0.4) is 0 Å². The fraction of sp³-hybridized carbons (Fsp3) is 0.750. The number of carbonyl (C=O) groups is 1. The number of methoxy groups -OCH3 is 1. The first-order valence-electron chi connectivity index (χ1n) is 4.02. The number of nitrogens with zero attached hydrogens (tertiary/aromatic N) is 1. The zero-order valence-electron chi connectivity index (χ0n) is 8.03. The fourth-order valence-corrected chi connectivity index (χ4v) is 0.920. The Morgan fingerprint density at radius 1 is 1.62 bits per heavy atom. The molecule has 0 rings (SSSR count). The van der Waals surface area contributed by atoms with Crippen molar-refractivity contribution in [3.05, 3.63) is 0 Å². The van der Waals surface area contributed by atoms with E-state index in [1.54, 1.807) is 0 Å². The average molecular weight is 186 g/mol. The summed E-state index contributed by atoms with van der Waals surface area (Å²) >= 11 is 0. The molecule has 0 amide bonds. The molecule has 0 bridgehead atoms. The first-order valence-corrected chi connectivity index (χ1v) is 4.02. The Kier molecular flexibility index (Phi) is 5.55. The van der Waals surface area contributed by atoms with Gasteiger partial charge < -0.3 is 4.74 Å². The van der Waals surface area contributed by atoms with Crippen LogP contribution in [0.5, 0.6) is 0 Å². The summed E-state index contributed by atoms with van der Waals surface area (Å²) in [5, 5.41) is 3.14. The lowest BCUT2D eigenvalue weighted by molar-refractivity contribution is -0.143. The molecular weight excluding hydrogens is 172 g/mol. The summed E-state index contributed by atoms with van der Waals surface area (Å²) in [5.41, 5.74) is 2.38. The highest BCUT2D eigenvalue weighted by Crippen LogP contribution is 2.05. The summed E-state index contributed by atoms with van der Waals surface area (Å²) in [5.74, 6) is -0.105. The second-order valence-electron chi connectivity index (χ2n) is 3.04. The van der Waals surface area contributed by atoms with Gasteiger partial charge in [0, 0.05) is 0 Å². The Morgan fingerprint density at radius 2 is 2.23 bits per heavy atom. The summed E-state index contributed by atoms with van der Waals surface area (Å²) < 4.78 is 4.52. The molecule has 0 saturated carbocycles. The molecule has 1 atom stereocenters. The van der Waals surface area contributed by atoms with Gasteiger partial charge in [-0.3, -0.25) is 5.43 Å². The summed E-state index contributed by atoms with van der Waals surface area (Å²) in [4.78, 5) is 20.9. The second kappa shape index (κ2) is 6.20. The topological polar surface area (TPSA) is 67.8 Å². The number of isocyanates is 1. The molecule has 0 aromatic rings. The molecule has 0 aromatic carbocycles. The van der Waals surface area contributed by atoms with Gasteiger partial charge >= 0.3 is 5.97 Å². The monoisotopic (exact) mass is 186 g/mol. The molecule has 0 aromatic heterocycles. The molecular formula is C8H14N2O3. The number of nitrogens with one attached hydrogen (secondary N) is 1. The van der Waals surface area contributed by atoms with Crippen LogP contribution in [0.15, 0.2) is 5.10 Å². The van der Waals surface area contributed by atoms with E-state index >= 15 is 0 Å². The Morgan fingerprint density at radius 3 is 2.62 bits per heavy atom. The average Bonchev–Trinajstić information content (AvgIpc) is 2.10. The molecule has 0 radical (unpaired) electrons. The molecule has 5 heteroatoms. The van der Waals surface area contributed by atoms with Crippen molar-refractivity contribution in [1.82, 2.24) is 5.43 Å². The predicted octanol–water partition coefficient (Wildman–Crippen LogP) is 0.414. The molecule has 0 spiro atoms. The maximum absolute atomic E-state index is 11.1. The van der Waals surface area contributed by atoms with Gasteiger partial charge in [-0.05, 0) is 12.3 Å². The van der Waals surface area contributed by atoms with Crippen molar-refractivity contribution in [3.63, 3.8) is 0 Å². The van der Waals surface area contributed by atoms with Crippen molar-refractivity contribution in [2.45, 2.75) is 26.3 Å². The maximum atomic E-state index is 11.1. The maximum Gasteiger partial charge on any atom is 0.329 e. The first kappa shape index (κ1) is 11.6. The van der Waals surface area contributed by atoms with Gasteiger partial charge in [-0.1, -0.05) is 18.9 Å². The van der Waals surface area contributed by atoms with Gasteiger partial charge in [-0.2, -0.15) is 0 Å². The fourth-order valence-electron chi connectivity index (χ4n) is 0.920. The van der Waals surface area contributed by atoms with E-state index in [9.17, 15) is 9.59 Å². The minimum atomic E-state index is -0.563. The summed E-state index contributed by atoms with van der Waals surface area (Å²) in [7, 11) is 1.29. The van der Waals surface area contributed by atoms with Crippen molar-refractivity contribution >= 4 is 12.0 Å². The molecule has 0 heterocycles. The van der Waals surface area contributed by atoms with Crippen molar-refractivity contribution < 1.29 is 14.3 Å². The molecule has 0 saturated heterocycles. The van der Waals surface area contributed by atoms with Gasteiger partial charge in [-0.15, -0.1) is 0 Å². The van der Waals surface area contributed by atoms with Crippen LogP contribution in [-0.4, -0.2) is 25.2 Å². The molecule has 1 unspecified atom stereocenters. The SMILES string of the molecule is COC(=O)C(CC(C)C)NN=C=O. The third-order valence-electron chi connectivity index (χ3n) is 1.46. The zero-order chi connectivity index (χ0) is 10.3. The Labute approximate surface area is 77.1 Å². The molecule has 13 heavy (non-hydrogen) atoms. The van der Waals surface area contributed by atoms with E-state index in [2.05, 4.69) is 15.3 Å². The molecule has 0 aliphatic carbocycles. The smallest absolute Gasteiger partial charge is 0.329 e. The van der Waals surface area contributed by atoms with Crippen LogP contribution in [0, 0.1) is 5.92 Å². The quantitative estimate of drug-likeness (QED) is 0.292. The van der Waals surface area contributed by atoms with Gasteiger partial charge in [-0.25, -0.2) is 9.59 Å². The van der Waals surface area contributed by atoms with Crippen LogP contribution in [-0.2, 0) is 14.3 Å². The van der Waals surface area contributed by atoms with E-state index < -0.39 is 12.0 Å². The predicted molar refractivity (Wildman–Crippen MR) is 46.5 cm³/mol. The van der Waals surface area contributed by atoms with Crippen LogP contribution in [0.1, 0.15) is 20.3 Å². The number of carbonyl (C=O) groups excluding carboxylic acids is 2. The molecule has 1 N–H and O–H groups in total. The van der Waals surface area contributed by atoms with Gasteiger partial charge in [0.1, 0.15) is 6.04 Å². The first-order chi connectivity index (χ1) is 6.11. The molecule has 74 valence electrons. The minimum Gasteiger partial charge on any atom is -0.467 e. The molecule has 0 aliphatic rings. The largest absolute Gasteiger partial charge is 0.467 e. The standard InChI is InChI=1S/C8H14N2O3/c1-6(2)4-7(8(12)13-3)10-9-5-11/h6-7,10H,4H2,1-3H3. The van der Waals surface area contributed by atoms with E-state index in [1.807, 2.05) is 13.8 Å². The molecule has 0 fully saturated rings. The van der Waals surface area contributed by atoms with Crippen molar-refractivity contribution in [3.8, 4) is 0 Å². The number of esters is 1. The Hall–Kier alpha value is -1.35. The summed E-state index contributed by atoms with van der Waals surface area (Å²) in [6, 6.07) is -0.563. The molecule has 0 aliphatic heterocycles. The van der Waals surface area contributed by atoms with Gasteiger partial charge in [0.05, 0.1) is 7.11 Å².